The lowest BCUT2D eigenvalue weighted by molar-refractivity contribution is -0.137. The number of amides is 2. The van der Waals surface area contributed by atoms with Crippen molar-refractivity contribution in [3.63, 3.8) is 0 Å². The van der Waals surface area contributed by atoms with Gasteiger partial charge in [0.2, 0.25) is 5.91 Å². The van der Waals surface area contributed by atoms with Crippen LogP contribution in [0.1, 0.15) is 51.2 Å². The number of alkyl halides is 3. The lowest BCUT2D eigenvalue weighted by Gasteiger charge is -2.20. The van der Waals surface area contributed by atoms with E-state index >= 15 is 0 Å². The molecule has 1 rings (SSSR count). The van der Waals surface area contributed by atoms with Crippen molar-refractivity contribution in [3.05, 3.63) is 45.8 Å². The number of unbranched alkanes of at least 4 members (excludes halogenated alkanes) is 1. The van der Waals surface area contributed by atoms with Gasteiger partial charge in [0.1, 0.15) is 6.04 Å². The Labute approximate surface area is 172 Å². The molecule has 11 heteroatoms. The second kappa shape index (κ2) is 11.3. The molecule has 166 valence electrons. The number of carbonyl (C=O) groups is 2. The summed E-state index contributed by atoms with van der Waals surface area (Å²) in [5, 5.41) is 8.66. The Balaban J connectivity index is 2.42. The molecule has 1 atom stereocenters. The van der Waals surface area contributed by atoms with Crippen LogP contribution in [0.4, 0.5) is 18.0 Å². The van der Waals surface area contributed by atoms with Crippen molar-refractivity contribution in [2.24, 2.45) is 5.11 Å². The van der Waals surface area contributed by atoms with Crippen molar-refractivity contribution in [1.82, 2.24) is 10.6 Å². The first-order chi connectivity index (χ1) is 13.9. The van der Waals surface area contributed by atoms with Crippen LogP contribution in [0.15, 0.2) is 29.4 Å². The monoisotopic (exact) mass is 429 g/mol. The molecular weight excluding hydrogens is 403 g/mol. The summed E-state index contributed by atoms with van der Waals surface area (Å²) in [5.74, 6) is -0.529. The van der Waals surface area contributed by atoms with Crippen molar-refractivity contribution >= 4 is 12.0 Å². The summed E-state index contributed by atoms with van der Waals surface area (Å²) in [6, 6.07) is 3.44. The van der Waals surface area contributed by atoms with Gasteiger partial charge in [-0.2, -0.15) is 13.2 Å². The fraction of sp³-hybridized carbons (Fsp3) is 0.579. The van der Waals surface area contributed by atoms with Gasteiger partial charge in [-0.05, 0) is 63.3 Å². The standard InChI is InChI=1S/C19H26F3N5O3/c1-18(2,3)25-17(29)30-11-5-4-6-15(26-27-23)16(28)24-12-13-7-9-14(10-8-13)19(20,21)22/h7-10,15H,4-6,11-12H2,1-3H3,(H,24,28)(H,25,29). The van der Waals surface area contributed by atoms with Gasteiger partial charge in [0, 0.05) is 17.0 Å². The molecule has 8 nitrogen and oxygen atoms in total. The van der Waals surface area contributed by atoms with Gasteiger partial charge in [0.05, 0.1) is 12.2 Å². The molecule has 2 amide bonds. The molecular formula is C19H26F3N5O3. The summed E-state index contributed by atoms with van der Waals surface area (Å²) in [6.45, 7) is 5.62. The number of rotatable bonds is 9. The first kappa shape index (κ1) is 25.1. The molecule has 2 N–H and O–H groups in total. The van der Waals surface area contributed by atoms with Crippen molar-refractivity contribution in [2.45, 2.75) is 64.3 Å². The minimum absolute atomic E-state index is 0.00447. The van der Waals surface area contributed by atoms with Crippen LogP contribution in [-0.2, 0) is 22.3 Å². The predicted molar refractivity (Wildman–Crippen MR) is 104 cm³/mol. The minimum Gasteiger partial charge on any atom is -0.450 e. The average Bonchev–Trinajstić information content (AvgIpc) is 2.63. The third-order valence-corrected chi connectivity index (χ3v) is 3.82. The average molecular weight is 429 g/mol. The summed E-state index contributed by atoms with van der Waals surface area (Å²) in [7, 11) is 0. The third kappa shape index (κ3) is 10.0. The second-order valence-corrected chi connectivity index (χ2v) is 7.64. The number of carbonyl (C=O) groups excluding carboxylic acids is 2. The van der Waals surface area contributed by atoms with Gasteiger partial charge in [-0.15, -0.1) is 0 Å². The molecule has 0 aliphatic rings. The number of azide groups is 1. The van der Waals surface area contributed by atoms with Crippen molar-refractivity contribution in [1.29, 1.82) is 0 Å². The summed E-state index contributed by atoms with van der Waals surface area (Å²) in [6.07, 6.45) is -3.77. The lowest BCUT2D eigenvalue weighted by atomic mass is 10.1. The summed E-state index contributed by atoms with van der Waals surface area (Å²) in [5.41, 5.74) is 7.95. The molecule has 0 aromatic heterocycles. The highest BCUT2D eigenvalue weighted by Gasteiger charge is 2.29. The maximum absolute atomic E-state index is 12.6. The van der Waals surface area contributed by atoms with E-state index in [4.69, 9.17) is 10.3 Å². The fourth-order valence-corrected chi connectivity index (χ4v) is 2.37. The zero-order valence-electron chi connectivity index (χ0n) is 17.1. The van der Waals surface area contributed by atoms with Crippen LogP contribution < -0.4 is 10.6 Å². The van der Waals surface area contributed by atoms with Crippen LogP contribution in [0.5, 0.6) is 0 Å². The van der Waals surface area contributed by atoms with E-state index in [1.165, 1.54) is 12.1 Å². The van der Waals surface area contributed by atoms with E-state index in [9.17, 15) is 22.8 Å². The number of nitrogens with one attached hydrogen (secondary N) is 2. The Morgan fingerprint density at radius 3 is 2.33 bits per heavy atom. The van der Waals surface area contributed by atoms with Crippen LogP contribution in [0.3, 0.4) is 0 Å². The topological polar surface area (TPSA) is 116 Å². The first-order valence-electron chi connectivity index (χ1n) is 9.35. The van der Waals surface area contributed by atoms with Crippen molar-refractivity contribution in [3.8, 4) is 0 Å². The van der Waals surface area contributed by atoms with E-state index in [0.717, 1.165) is 12.1 Å². The number of hydrogen-bond donors (Lipinski definition) is 2. The quantitative estimate of drug-likeness (QED) is 0.257. The van der Waals surface area contributed by atoms with E-state index in [2.05, 4.69) is 20.7 Å². The molecule has 0 spiro atoms. The van der Waals surface area contributed by atoms with Gasteiger partial charge in [0.25, 0.3) is 0 Å². The van der Waals surface area contributed by atoms with Crippen LogP contribution >= 0.6 is 0 Å². The molecule has 0 aliphatic carbocycles. The minimum atomic E-state index is -4.43. The molecule has 0 heterocycles. The van der Waals surface area contributed by atoms with E-state index in [0.29, 0.717) is 18.4 Å². The number of hydrogen-bond acceptors (Lipinski definition) is 4. The highest BCUT2D eigenvalue weighted by molar-refractivity contribution is 5.81. The van der Waals surface area contributed by atoms with E-state index < -0.39 is 35.3 Å². The van der Waals surface area contributed by atoms with Crippen LogP contribution in [0, 0.1) is 0 Å². The van der Waals surface area contributed by atoms with Crippen LogP contribution in [0.2, 0.25) is 0 Å². The van der Waals surface area contributed by atoms with E-state index in [-0.39, 0.29) is 19.6 Å². The maximum atomic E-state index is 12.6. The highest BCUT2D eigenvalue weighted by Crippen LogP contribution is 2.29. The number of halogens is 3. The Bertz CT molecular complexity index is 754. The Morgan fingerprint density at radius 2 is 1.80 bits per heavy atom. The van der Waals surface area contributed by atoms with Crippen LogP contribution in [-0.4, -0.2) is 30.2 Å². The molecule has 0 saturated heterocycles. The zero-order chi connectivity index (χ0) is 22.8. The highest BCUT2D eigenvalue weighted by atomic mass is 19.4. The van der Waals surface area contributed by atoms with Crippen molar-refractivity contribution < 1.29 is 27.5 Å². The van der Waals surface area contributed by atoms with Gasteiger partial charge in [-0.25, -0.2) is 4.79 Å². The van der Waals surface area contributed by atoms with Crippen LogP contribution in [0.25, 0.3) is 10.4 Å². The van der Waals surface area contributed by atoms with Gasteiger partial charge >= 0.3 is 12.3 Å². The smallest absolute Gasteiger partial charge is 0.416 e. The number of ether oxygens (including phenoxy) is 1. The van der Waals surface area contributed by atoms with Gasteiger partial charge in [-0.3, -0.25) is 4.79 Å². The fourth-order valence-electron chi connectivity index (χ4n) is 2.37. The lowest BCUT2D eigenvalue weighted by Crippen LogP contribution is -2.41. The predicted octanol–water partition coefficient (Wildman–Crippen LogP) is 4.70. The van der Waals surface area contributed by atoms with E-state index in [1.54, 1.807) is 0 Å². The summed E-state index contributed by atoms with van der Waals surface area (Å²) < 4.78 is 42.7. The Kier molecular flexibility index (Phi) is 9.45. The third-order valence-electron chi connectivity index (χ3n) is 3.82. The molecule has 0 saturated carbocycles. The molecule has 0 aliphatic heterocycles. The molecule has 30 heavy (non-hydrogen) atoms. The van der Waals surface area contributed by atoms with Gasteiger partial charge in [-0.1, -0.05) is 17.2 Å². The largest absolute Gasteiger partial charge is 0.450 e. The zero-order valence-corrected chi connectivity index (χ0v) is 17.1. The van der Waals surface area contributed by atoms with E-state index in [1.807, 2.05) is 20.8 Å². The molecule has 1 aromatic carbocycles. The number of nitrogens with zero attached hydrogens (tertiary/aromatic N) is 3. The molecule has 0 bridgehead atoms. The maximum Gasteiger partial charge on any atom is 0.416 e. The summed E-state index contributed by atoms with van der Waals surface area (Å²) in [4.78, 5) is 26.4. The normalized spacial score (nSPS) is 12.5. The molecule has 0 fully saturated rings. The number of alkyl carbamates (subject to hydrolysis) is 1. The number of benzene rings is 1. The Hall–Kier alpha value is -2.94. The molecule has 1 unspecified atom stereocenters. The SMILES string of the molecule is CC(C)(C)NC(=O)OCCCCC(N=[N+]=[N-])C(=O)NCc1ccc(C(F)(F)F)cc1. The van der Waals surface area contributed by atoms with Crippen molar-refractivity contribution in [2.75, 3.05) is 6.61 Å². The Morgan fingerprint density at radius 1 is 1.17 bits per heavy atom. The van der Waals surface area contributed by atoms with Gasteiger partial charge in [0.15, 0.2) is 0 Å². The first-order valence-corrected chi connectivity index (χ1v) is 9.35. The molecule has 0 radical (unpaired) electrons. The van der Waals surface area contributed by atoms with Gasteiger partial charge < -0.3 is 15.4 Å². The summed E-state index contributed by atoms with van der Waals surface area (Å²) >= 11 is 0. The molecule has 1 aromatic rings. The second-order valence-electron chi connectivity index (χ2n) is 7.64.